The molecule has 1 aromatic heterocycles. The molecular weight excluding hydrogens is 358 g/mol. The third-order valence-corrected chi connectivity index (χ3v) is 4.83. The molecule has 0 bridgehead atoms. The summed E-state index contributed by atoms with van der Waals surface area (Å²) in [4.78, 5) is 27.2. The maximum atomic E-state index is 10.2. The number of aryl methyl sites for hydroxylation is 1. The first-order valence-corrected chi connectivity index (χ1v) is 8.99. The SMILES string of the molecule is CNc1cc2c(cc1C)C(C)(C)OCC2(C)C.O=Cc1ncc(C(=O)O)cn1. The number of carboxylic acid groups (broad SMARTS) is 1. The summed E-state index contributed by atoms with van der Waals surface area (Å²) in [5, 5.41) is 11.6. The molecule has 0 spiro atoms. The number of fused-ring (bicyclic) bond motifs is 1. The van der Waals surface area contributed by atoms with Gasteiger partial charge in [-0.2, -0.15) is 0 Å². The van der Waals surface area contributed by atoms with Crippen LogP contribution >= 0.6 is 0 Å². The van der Waals surface area contributed by atoms with Crippen molar-refractivity contribution in [3.63, 3.8) is 0 Å². The van der Waals surface area contributed by atoms with Gasteiger partial charge in [0.15, 0.2) is 12.1 Å². The predicted molar refractivity (Wildman–Crippen MR) is 107 cm³/mol. The maximum absolute atomic E-state index is 10.2. The van der Waals surface area contributed by atoms with Crippen LogP contribution in [0.1, 0.15) is 65.4 Å². The fourth-order valence-corrected chi connectivity index (χ4v) is 3.06. The lowest BCUT2D eigenvalue weighted by Crippen LogP contribution is -2.40. The average Bonchev–Trinajstić information content (AvgIpc) is 2.66. The number of anilines is 1. The molecule has 7 heteroatoms. The van der Waals surface area contributed by atoms with Crippen LogP contribution in [0.5, 0.6) is 0 Å². The number of nitrogens with zero attached hydrogens (tertiary/aromatic N) is 2. The fraction of sp³-hybridized carbons (Fsp3) is 0.429. The van der Waals surface area contributed by atoms with E-state index >= 15 is 0 Å². The molecule has 0 fully saturated rings. The van der Waals surface area contributed by atoms with Crippen LogP contribution in [0.3, 0.4) is 0 Å². The second-order valence-electron chi connectivity index (χ2n) is 7.90. The van der Waals surface area contributed by atoms with Gasteiger partial charge in [0.2, 0.25) is 0 Å². The largest absolute Gasteiger partial charge is 0.478 e. The van der Waals surface area contributed by atoms with E-state index in [0.717, 1.165) is 19.0 Å². The van der Waals surface area contributed by atoms with E-state index in [2.05, 4.69) is 62.0 Å². The van der Waals surface area contributed by atoms with Crippen molar-refractivity contribution in [3.8, 4) is 0 Å². The van der Waals surface area contributed by atoms with Gasteiger partial charge in [-0.25, -0.2) is 14.8 Å². The number of carboxylic acids is 1. The number of benzene rings is 1. The molecule has 2 aromatic rings. The number of ether oxygens (including phenoxy) is 1. The maximum Gasteiger partial charge on any atom is 0.338 e. The van der Waals surface area contributed by atoms with E-state index in [1.807, 2.05) is 7.05 Å². The Hall–Kier alpha value is -2.80. The standard InChI is InChI=1S/C15H23NO.C6H4N2O3/c1-10-7-12-11(8-13(10)16-6)14(2,3)9-17-15(12,4)5;9-3-5-7-1-4(2-8-5)6(10)11/h7-8,16H,9H2,1-6H3;1-3H,(H,10,11). The summed E-state index contributed by atoms with van der Waals surface area (Å²) < 4.78 is 6.02. The van der Waals surface area contributed by atoms with Crippen molar-refractivity contribution >= 4 is 17.9 Å². The predicted octanol–water partition coefficient (Wildman–Crippen LogP) is 3.57. The van der Waals surface area contributed by atoms with E-state index < -0.39 is 5.97 Å². The fourth-order valence-electron chi connectivity index (χ4n) is 3.06. The molecule has 0 unspecified atom stereocenters. The minimum atomic E-state index is -1.11. The summed E-state index contributed by atoms with van der Waals surface area (Å²) in [6, 6.07) is 4.55. The van der Waals surface area contributed by atoms with Gasteiger partial charge in [0.25, 0.3) is 0 Å². The zero-order valence-corrected chi connectivity index (χ0v) is 17.2. The first-order valence-electron chi connectivity index (χ1n) is 8.99. The topological polar surface area (TPSA) is 101 Å². The number of aldehydes is 1. The zero-order valence-electron chi connectivity index (χ0n) is 17.2. The third kappa shape index (κ3) is 4.54. The first-order chi connectivity index (χ1) is 13.0. The number of aromatic carboxylic acids is 1. The monoisotopic (exact) mass is 385 g/mol. The molecule has 1 aromatic carbocycles. The molecule has 2 N–H and O–H groups in total. The van der Waals surface area contributed by atoms with Crippen molar-refractivity contribution in [1.82, 2.24) is 9.97 Å². The Morgan fingerprint density at radius 3 is 2.29 bits per heavy atom. The van der Waals surface area contributed by atoms with Gasteiger partial charge < -0.3 is 15.2 Å². The number of hydrogen-bond donors (Lipinski definition) is 2. The Morgan fingerprint density at radius 2 is 1.79 bits per heavy atom. The molecule has 1 aliphatic rings. The van der Waals surface area contributed by atoms with Gasteiger partial charge in [-0.05, 0) is 43.5 Å². The van der Waals surface area contributed by atoms with Gasteiger partial charge in [-0.1, -0.05) is 19.9 Å². The average molecular weight is 385 g/mol. The van der Waals surface area contributed by atoms with Gasteiger partial charge in [-0.3, -0.25) is 4.79 Å². The Morgan fingerprint density at radius 1 is 1.18 bits per heavy atom. The number of aromatic nitrogens is 2. The van der Waals surface area contributed by atoms with E-state index in [4.69, 9.17) is 9.84 Å². The Labute approximate surface area is 165 Å². The number of carbonyl (C=O) groups excluding carboxylic acids is 1. The smallest absolute Gasteiger partial charge is 0.338 e. The molecule has 28 heavy (non-hydrogen) atoms. The van der Waals surface area contributed by atoms with Crippen LogP contribution < -0.4 is 5.32 Å². The summed E-state index contributed by atoms with van der Waals surface area (Å²) in [6.45, 7) is 11.7. The van der Waals surface area contributed by atoms with E-state index in [-0.39, 0.29) is 22.4 Å². The number of hydrogen-bond acceptors (Lipinski definition) is 6. The van der Waals surface area contributed by atoms with Crippen molar-refractivity contribution in [2.75, 3.05) is 19.0 Å². The molecule has 0 saturated heterocycles. The minimum Gasteiger partial charge on any atom is -0.478 e. The molecule has 0 aliphatic carbocycles. The van der Waals surface area contributed by atoms with Crippen LogP contribution in [0.2, 0.25) is 0 Å². The lowest BCUT2D eigenvalue weighted by atomic mass is 9.75. The molecule has 3 rings (SSSR count). The molecule has 0 atom stereocenters. The van der Waals surface area contributed by atoms with Crippen LogP contribution in [0, 0.1) is 6.92 Å². The molecule has 2 heterocycles. The van der Waals surface area contributed by atoms with Gasteiger partial charge in [-0.15, -0.1) is 0 Å². The van der Waals surface area contributed by atoms with E-state index in [1.165, 1.54) is 22.4 Å². The lowest BCUT2D eigenvalue weighted by molar-refractivity contribution is -0.0587. The summed E-state index contributed by atoms with van der Waals surface area (Å²) >= 11 is 0. The van der Waals surface area contributed by atoms with Crippen LogP contribution in [0.4, 0.5) is 5.69 Å². The van der Waals surface area contributed by atoms with Gasteiger partial charge in [0, 0.05) is 30.5 Å². The zero-order chi connectivity index (χ0) is 21.1. The second-order valence-corrected chi connectivity index (χ2v) is 7.90. The molecular formula is C21H27N3O4. The van der Waals surface area contributed by atoms with Gasteiger partial charge >= 0.3 is 5.97 Å². The normalized spacial score (nSPS) is 16.2. The Bertz CT molecular complexity index is 874. The molecule has 0 amide bonds. The first kappa shape index (κ1) is 21.5. The van der Waals surface area contributed by atoms with Crippen molar-refractivity contribution in [3.05, 3.63) is 52.6 Å². The van der Waals surface area contributed by atoms with Crippen molar-refractivity contribution in [2.45, 2.75) is 45.6 Å². The molecule has 1 aliphatic heterocycles. The summed E-state index contributed by atoms with van der Waals surface area (Å²) in [5.74, 6) is -1.13. The lowest BCUT2D eigenvalue weighted by Gasteiger charge is -2.42. The Balaban J connectivity index is 0.000000221. The Kier molecular flexibility index (Phi) is 6.19. The highest BCUT2D eigenvalue weighted by Crippen LogP contribution is 2.42. The van der Waals surface area contributed by atoms with E-state index in [1.54, 1.807) is 0 Å². The quantitative estimate of drug-likeness (QED) is 0.779. The molecule has 7 nitrogen and oxygen atoms in total. The van der Waals surface area contributed by atoms with Crippen LogP contribution in [0.15, 0.2) is 24.5 Å². The molecule has 0 saturated carbocycles. The van der Waals surface area contributed by atoms with E-state index in [9.17, 15) is 9.59 Å². The summed E-state index contributed by atoms with van der Waals surface area (Å²) in [7, 11) is 1.98. The van der Waals surface area contributed by atoms with Crippen LogP contribution in [0.25, 0.3) is 0 Å². The molecule has 0 radical (unpaired) electrons. The van der Waals surface area contributed by atoms with Crippen molar-refractivity contribution in [2.24, 2.45) is 0 Å². The van der Waals surface area contributed by atoms with Gasteiger partial charge in [0.1, 0.15) is 0 Å². The summed E-state index contributed by atoms with van der Waals surface area (Å²) in [5.41, 5.74) is 5.10. The highest BCUT2D eigenvalue weighted by Gasteiger charge is 2.38. The van der Waals surface area contributed by atoms with E-state index in [0.29, 0.717) is 6.29 Å². The van der Waals surface area contributed by atoms with Crippen LogP contribution in [-0.4, -0.2) is 41.0 Å². The number of carbonyl (C=O) groups is 2. The third-order valence-electron chi connectivity index (χ3n) is 4.83. The summed E-state index contributed by atoms with van der Waals surface area (Å²) in [6.07, 6.45) is 2.61. The highest BCUT2D eigenvalue weighted by atomic mass is 16.5. The molecule has 150 valence electrons. The van der Waals surface area contributed by atoms with Crippen molar-refractivity contribution in [1.29, 1.82) is 0 Å². The highest BCUT2D eigenvalue weighted by molar-refractivity contribution is 5.87. The minimum absolute atomic E-state index is 0.0185. The van der Waals surface area contributed by atoms with Gasteiger partial charge in [0.05, 0.1) is 17.8 Å². The van der Waals surface area contributed by atoms with Crippen LogP contribution in [-0.2, 0) is 15.8 Å². The number of rotatable bonds is 3. The second kappa shape index (κ2) is 8.06. The van der Waals surface area contributed by atoms with Crippen molar-refractivity contribution < 1.29 is 19.4 Å². The number of nitrogens with one attached hydrogen (secondary N) is 1.